The molecule has 1 aromatic heterocycles. The summed E-state index contributed by atoms with van der Waals surface area (Å²) in [4.78, 5) is 30.1. The van der Waals surface area contributed by atoms with Gasteiger partial charge >= 0.3 is 6.03 Å². The van der Waals surface area contributed by atoms with Crippen LogP contribution in [0.3, 0.4) is 0 Å². The quantitative estimate of drug-likeness (QED) is 0.678. The van der Waals surface area contributed by atoms with E-state index in [0.29, 0.717) is 23.8 Å². The van der Waals surface area contributed by atoms with Crippen LogP contribution in [0, 0.1) is 0 Å². The van der Waals surface area contributed by atoms with Gasteiger partial charge in [0.15, 0.2) is 5.13 Å². The molecule has 0 unspecified atom stereocenters. The standard InChI is InChI=1S/C18H23N5O2S/c1-12-7-8-16(24)23(12)15-6-2-4-13(10-15)22-18(25)20-9-3-5-14-11-26-17(19)21-14/h2,4,6,10-12H,3,5,7-9H2,1H3,(H2,19,21)(H2,20,22,25)/t12-/m0/s1. The highest BCUT2D eigenvalue weighted by Gasteiger charge is 2.28. The van der Waals surface area contributed by atoms with Gasteiger partial charge in [0.1, 0.15) is 0 Å². The SMILES string of the molecule is C[C@H]1CCC(=O)N1c1cccc(NC(=O)NCCCc2csc(N)n2)c1. The van der Waals surface area contributed by atoms with Crippen molar-refractivity contribution in [2.75, 3.05) is 22.5 Å². The zero-order valence-electron chi connectivity index (χ0n) is 14.7. The fourth-order valence-corrected chi connectivity index (χ4v) is 3.64. The number of nitrogens with two attached hydrogens (primary N) is 1. The Labute approximate surface area is 156 Å². The van der Waals surface area contributed by atoms with Crippen LogP contribution in [0.2, 0.25) is 0 Å². The number of carbonyl (C=O) groups excluding carboxylic acids is 2. The number of nitrogens with zero attached hydrogens (tertiary/aromatic N) is 2. The molecule has 1 aliphatic heterocycles. The number of thiazole rings is 1. The van der Waals surface area contributed by atoms with E-state index in [0.717, 1.165) is 30.6 Å². The highest BCUT2D eigenvalue weighted by Crippen LogP contribution is 2.28. The molecule has 4 N–H and O–H groups in total. The number of rotatable bonds is 6. The van der Waals surface area contributed by atoms with Crippen LogP contribution >= 0.6 is 11.3 Å². The molecule has 1 fully saturated rings. The molecule has 26 heavy (non-hydrogen) atoms. The van der Waals surface area contributed by atoms with Crippen LogP contribution < -0.4 is 21.3 Å². The maximum atomic E-state index is 12.1. The highest BCUT2D eigenvalue weighted by molar-refractivity contribution is 7.13. The van der Waals surface area contributed by atoms with Crippen LogP contribution in [0.4, 0.5) is 21.3 Å². The Hall–Kier alpha value is -2.61. The Morgan fingerprint density at radius 2 is 2.31 bits per heavy atom. The van der Waals surface area contributed by atoms with Crippen molar-refractivity contribution in [3.05, 3.63) is 35.3 Å². The summed E-state index contributed by atoms with van der Waals surface area (Å²) in [5.41, 5.74) is 8.03. The second-order valence-corrected chi connectivity index (χ2v) is 7.25. The molecule has 1 aliphatic rings. The second kappa shape index (κ2) is 8.18. The van der Waals surface area contributed by atoms with Gasteiger partial charge < -0.3 is 21.3 Å². The highest BCUT2D eigenvalue weighted by atomic mass is 32.1. The summed E-state index contributed by atoms with van der Waals surface area (Å²) in [6.45, 7) is 2.58. The molecule has 3 amide bonds. The number of anilines is 3. The fourth-order valence-electron chi connectivity index (χ4n) is 3.04. The molecular formula is C18H23N5O2S. The van der Waals surface area contributed by atoms with Crippen molar-refractivity contribution < 1.29 is 9.59 Å². The first-order valence-corrected chi connectivity index (χ1v) is 9.58. The predicted octanol–water partition coefficient (Wildman–Crippen LogP) is 2.99. The van der Waals surface area contributed by atoms with Gasteiger partial charge in [-0.25, -0.2) is 9.78 Å². The molecule has 0 radical (unpaired) electrons. The van der Waals surface area contributed by atoms with Crippen LogP contribution in [0.5, 0.6) is 0 Å². The third-order valence-corrected chi connectivity index (χ3v) is 5.06. The molecule has 1 aromatic carbocycles. The minimum absolute atomic E-state index is 0.127. The van der Waals surface area contributed by atoms with Crippen LogP contribution in [-0.4, -0.2) is 29.5 Å². The maximum Gasteiger partial charge on any atom is 0.319 e. The summed E-state index contributed by atoms with van der Waals surface area (Å²) in [6.07, 6.45) is 3.00. The third-order valence-electron chi connectivity index (χ3n) is 4.33. The lowest BCUT2D eigenvalue weighted by Gasteiger charge is -2.22. The average Bonchev–Trinajstić information content (AvgIpc) is 3.17. The number of aryl methyl sites for hydroxylation is 1. The molecule has 1 saturated heterocycles. The van der Waals surface area contributed by atoms with E-state index in [1.807, 2.05) is 36.6 Å². The molecular weight excluding hydrogens is 350 g/mol. The van der Waals surface area contributed by atoms with E-state index in [1.54, 1.807) is 4.90 Å². The Morgan fingerprint density at radius 1 is 1.46 bits per heavy atom. The summed E-state index contributed by atoms with van der Waals surface area (Å²) < 4.78 is 0. The molecule has 0 spiro atoms. The maximum absolute atomic E-state index is 12.1. The Kier molecular flexibility index (Phi) is 5.72. The number of carbonyl (C=O) groups is 2. The topological polar surface area (TPSA) is 100 Å². The number of benzene rings is 1. The van der Waals surface area contributed by atoms with Gasteiger partial charge in [0.2, 0.25) is 5.91 Å². The van der Waals surface area contributed by atoms with Crippen molar-refractivity contribution in [3.63, 3.8) is 0 Å². The van der Waals surface area contributed by atoms with E-state index in [-0.39, 0.29) is 18.0 Å². The minimum Gasteiger partial charge on any atom is -0.375 e. The number of aromatic nitrogens is 1. The van der Waals surface area contributed by atoms with E-state index in [9.17, 15) is 9.59 Å². The fraction of sp³-hybridized carbons (Fsp3) is 0.389. The van der Waals surface area contributed by atoms with E-state index in [4.69, 9.17) is 5.73 Å². The van der Waals surface area contributed by atoms with Crippen LogP contribution in [0.25, 0.3) is 0 Å². The summed E-state index contributed by atoms with van der Waals surface area (Å²) in [5.74, 6) is 0.127. The summed E-state index contributed by atoms with van der Waals surface area (Å²) in [7, 11) is 0. The number of nitrogens with one attached hydrogen (secondary N) is 2. The molecule has 2 aromatic rings. The summed E-state index contributed by atoms with van der Waals surface area (Å²) >= 11 is 1.42. The first-order valence-electron chi connectivity index (χ1n) is 8.70. The van der Waals surface area contributed by atoms with Crippen molar-refractivity contribution in [2.24, 2.45) is 0 Å². The van der Waals surface area contributed by atoms with Gasteiger partial charge in [-0.15, -0.1) is 11.3 Å². The lowest BCUT2D eigenvalue weighted by atomic mass is 10.2. The molecule has 0 bridgehead atoms. The van der Waals surface area contributed by atoms with Gasteiger partial charge in [0, 0.05) is 35.8 Å². The van der Waals surface area contributed by atoms with Crippen molar-refractivity contribution in [2.45, 2.75) is 38.6 Å². The van der Waals surface area contributed by atoms with Gasteiger partial charge in [-0.1, -0.05) is 6.07 Å². The van der Waals surface area contributed by atoms with E-state index in [1.165, 1.54) is 11.3 Å². The number of urea groups is 1. The van der Waals surface area contributed by atoms with E-state index < -0.39 is 0 Å². The predicted molar refractivity (Wildman–Crippen MR) is 104 cm³/mol. The number of hydrogen-bond donors (Lipinski definition) is 3. The third kappa shape index (κ3) is 4.51. The second-order valence-electron chi connectivity index (χ2n) is 6.36. The molecule has 2 heterocycles. The van der Waals surface area contributed by atoms with Crippen LogP contribution in [-0.2, 0) is 11.2 Å². The molecule has 138 valence electrons. The average molecular weight is 373 g/mol. The van der Waals surface area contributed by atoms with Gasteiger partial charge in [-0.3, -0.25) is 4.79 Å². The van der Waals surface area contributed by atoms with Crippen molar-refractivity contribution >= 4 is 39.8 Å². The molecule has 7 nitrogen and oxygen atoms in total. The van der Waals surface area contributed by atoms with Crippen LogP contribution in [0.15, 0.2) is 29.6 Å². The lowest BCUT2D eigenvalue weighted by Crippen LogP contribution is -2.31. The molecule has 0 saturated carbocycles. The van der Waals surface area contributed by atoms with Crippen molar-refractivity contribution in [3.8, 4) is 0 Å². The van der Waals surface area contributed by atoms with Gasteiger partial charge in [-0.2, -0.15) is 0 Å². The normalized spacial score (nSPS) is 16.7. The molecule has 3 rings (SSSR count). The Bertz CT molecular complexity index is 791. The minimum atomic E-state index is -0.263. The largest absolute Gasteiger partial charge is 0.375 e. The summed E-state index contributed by atoms with van der Waals surface area (Å²) in [6, 6.07) is 7.30. The number of amides is 3. The van der Waals surface area contributed by atoms with Crippen LogP contribution in [0.1, 0.15) is 31.9 Å². The van der Waals surface area contributed by atoms with Crippen molar-refractivity contribution in [1.82, 2.24) is 10.3 Å². The molecule has 1 atom stereocenters. The van der Waals surface area contributed by atoms with Gasteiger partial charge in [0.05, 0.1) is 5.69 Å². The van der Waals surface area contributed by atoms with E-state index in [2.05, 4.69) is 15.6 Å². The Balaban J connectivity index is 1.48. The van der Waals surface area contributed by atoms with E-state index >= 15 is 0 Å². The van der Waals surface area contributed by atoms with Crippen molar-refractivity contribution in [1.29, 1.82) is 0 Å². The molecule has 8 heteroatoms. The lowest BCUT2D eigenvalue weighted by molar-refractivity contribution is -0.117. The summed E-state index contributed by atoms with van der Waals surface area (Å²) in [5, 5.41) is 8.14. The first-order chi connectivity index (χ1) is 12.5. The monoisotopic (exact) mass is 373 g/mol. The first kappa shape index (κ1) is 18.2. The molecule has 0 aliphatic carbocycles. The zero-order valence-corrected chi connectivity index (χ0v) is 15.5. The smallest absolute Gasteiger partial charge is 0.319 e. The van der Waals surface area contributed by atoms with Gasteiger partial charge in [0.25, 0.3) is 0 Å². The Morgan fingerprint density at radius 3 is 3.00 bits per heavy atom. The zero-order chi connectivity index (χ0) is 18.5. The number of hydrogen-bond acceptors (Lipinski definition) is 5. The van der Waals surface area contributed by atoms with Gasteiger partial charge in [-0.05, 0) is 44.4 Å². The number of nitrogen functional groups attached to an aromatic ring is 1.